The van der Waals surface area contributed by atoms with Gasteiger partial charge in [0.2, 0.25) is 0 Å². The third kappa shape index (κ3) is 5.62. The van der Waals surface area contributed by atoms with Crippen LogP contribution in [0.3, 0.4) is 0 Å². The summed E-state index contributed by atoms with van der Waals surface area (Å²) in [7, 11) is -4.91. The molecule has 0 radical (unpaired) electrons. The SMILES string of the molecule is C1CCOC1.C[Si](C)(C)[C]([Al]([Br])[Br])([Si](C)(C)C)[Si](C)(C)C1CCCCC1. The summed E-state index contributed by atoms with van der Waals surface area (Å²) in [4.78, 5) is 0. The molecular weight excluding hydrogens is 515 g/mol. The van der Waals surface area contributed by atoms with Crippen molar-refractivity contribution in [3.05, 3.63) is 0 Å². The van der Waals surface area contributed by atoms with Gasteiger partial charge in [0.1, 0.15) is 0 Å². The van der Waals surface area contributed by atoms with Crippen LogP contribution in [0.2, 0.25) is 61.1 Å². The van der Waals surface area contributed by atoms with Crippen LogP contribution in [-0.2, 0) is 4.74 Å². The van der Waals surface area contributed by atoms with Crippen LogP contribution in [-0.4, -0.2) is 47.9 Å². The Kier molecular flexibility index (Phi) is 10.5. The first-order chi connectivity index (χ1) is 11.8. The minimum absolute atomic E-state index is 0.717. The van der Waals surface area contributed by atoms with E-state index in [1.807, 2.05) is 0 Å². The molecule has 1 nitrogen and oxygen atoms in total. The predicted octanol–water partition coefficient (Wildman–Crippen LogP) is 8.14. The van der Waals surface area contributed by atoms with Crippen LogP contribution in [0, 0.1) is 0 Å². The Morgan fingerprint density at radius 3 is 1.42 bits per heavy atom. The number of rotatable bonds is 5. The van der Waals surface area contributed by atoms with E-state index < -0.39 is 34.7 Å². The first-order valence-corrected chi connectivity index (χ1v) is 27.7. The van der Waals surface area contributed by atoms with Crippen molar-refractivity contribution >= 4 is 62.8 Å². The Morgan fingerprint density at radius 1 is 0.731 bits per heavy atom. The van der Waals surface area contributed by atoms with Gasteiger partial charge in [-0.3, -0.25) is 0 Å². The summed E-state index contributed by atoms with van der Waals surface area (Å²) in [5, 5.41) is 0. The molecule has 1 aliphatic carbocycles. The smallest absolute Gasteiger partial charge is 0.381 e. The van der Waals surface area contributed by atoms with Gasteiger partial charge in [-0.25, -0.2) is 0 Å². The van der Waals surface area contributed by atoms with Crippen molar-refractivity contribution in [2.75, 3.05) is 13.2 Å². The van der Waals surface area contributed by atoms with Crippen molar-refractivity contribution in [2.24, 2.45) is 0 Å². The molecule has 7 heteroatoms. The lowest BCUT2D eigenvalue weighted by Gasteiger charge is -2.63. The van der Waals surface area contributed by atoms with Crippen LogP contribution in [0.4, 0.5) is 0 Å². The first-order valence-electron chi connectivity index (χ1n) is 10.7. The lowest BCUT2D eigenvalue weighted by molar-refractivity contribution is 0.198. The lowest BCUT2D eigenvalue weighted by atomic mass is 10.0. The highest BCUT2D eigenvalue weighted by molar-refractivity contribution is 9.49. The zero-order valence-corrected chi connectivity index (χ0v) is 26.0. The Labute approximate surface area is 185 Å². The van der Waals surface area contributed by atoms with Gasteiger partial charge in [0, 0.05) is 37.4 Å². The minimum atomic E-state index is -1.32. The molecule has 1 aliphatic heterocycles. The summed E-state index contributed by atoms with van der Waals surface area (Å²) in [6.45, 7) is 23.6. The zero-order chi connectivity index (χ0) is 20.2. The van der Waals surface area contributed by atoms with Crippen molar-refractivity contribution in [1.29, 1.82) is 0 Å². The maximum Gasteiger partial charge on any atom is 0.454 e. The average molecular weight is 559 g/mol. The average Bonchev–Trinajstić information content (AvgIpc) is 3.04. The predicted molar refractivity (Wildman–Crippen MR) is 137 cm³/mol. The topological polar surface area (TPSA) is 9.23 Å². The molecule has 154 valence electrons. The molecule has 0 aromatic heterocycles. The summed E-state index contributed by atoms with van der Waals surface area (Å²) < 4.78 is 5.66. The van der Waals surface area contributed by atoms with Gasteiger partial charge in [0.25, 0.3) is 0 Å². The highest BCUT2D eigenvalue weighted by Crippen LogP contribution is 2.62. The molecule has 2 rings (SSSR count). The summed E-state index contributed by atoms with van der Waals surface area (Å²) in [6, 6.07) is 0. The molecule has 0 bridgehead atoms. The van der Waals surface area contributed by atoms with E-state index in [1.54, 1.807) is 0 Å². The fourth-order valence-electron chi connectivity index (χ4n) is 6.65. The van der Waals surface area contributed by atoms with E-state index >= 15 is 0 Å². The Hall–Kier alpha value is 2.10. The maximum atomic E-state index is 4.94. The van der Waals surface area contributed by atoms with Gasteiger partial charge in [-0.05, 0) is 18.4 Å². The van der Waals surface area contributed by atoms with Gasteiger partial charge in [-0.15, -0.1) is 0 Å². The number of hydrogen-bond acceptors (Lipinski definition) is 1. The van der Waals surface area contributed by atoms with Crippen LogP contribution in [0.5, 0.6) is 0 Å². The van der Waals surface area contributed by atoms with Crippen LogP contribution in [0.1, 0.15) is 44.9 Å². The normalized spacial score (nSPS) is 20.5. The van der Waals surface area contributed by atoms with Gasteiger partial charge in [0.15, 0.2) is 0 Å². The fraction of sp³-hybridized carbons (Fsp3) is 1.00. The Balaban J connectivity index is 0.000000577. The summed E-state index contributed by atoms with van der Waals surface area (Å²) in [5.74, 6) is 0. The van der Waals surface area contributed by atoms with Crippen LogP contribution in [0.15, 0.2) is 0 Å². The van der Waals surface area contributed by atoms with E-state index in [-0.39, 0.29) is 0 Å². The third-order valence-corrected chi connectivity index (χ3v) is 51.8. The van der Waals surface area contributed by atoms with E-state index in [1.165, 1.54) is 44.9 Å². The maximum absolute atomic E-state index is 4.94. The number of hydrogen-bond donors (Lipinski definition) is 0. The molecule has 0 N–H and O–H groups in total. The molecule has 0 atom stereocenters. The van der Waals surface area contributed by atoms with E-state index in [4.69, 9.17) is 4.74 Å². The monoisotopic (exact) mass is 556 g/mol. The summed E-state index contributed by atoms with van der Waals surface area (Å²) in [5.41, 5.74) is 1.06. The highest BCUT2D eigenvalue weighted by Gasteiger charge is 2.67. The molecule has 0 spiro atoms. The van der Waals surface area contributed by atoms with Gasteiger partial charge < -0.3 is 4.74 Å². The molecule has 1 saturated carbocycles. The molecule has 0 unspecified atom stereocenters. The highest BCUT2D eigenvalue weighted by atomic mass is 79.9. The molecule has 26 heavy (non-hydrogen) atoms. The number of ether oxygens (including phenoxy) is 1. The molecule has 1 heterocycles. The van der Waals surface area contributed by atoms with Crippen molar-refractivity contribution < 1.29 is 4.74 Å². The van der Waals surface area contributed by atoms with Gasteiger partial charge in [-0.2, -0.15) is 28.1 Å². The van der Waals surface area contributed by atoms with Crippen molar-refractivity contribution in [3.63, 3.8) is 0 Å². The van der Waals surface area contributed by atoms with Gasteiger partial charge >= 0.3 is 10.5 Å². The Bertz CT molecular complexity index is 402. The third-order valence-electron chi connectivity index (χ3n) is 7.16. The molecule has 0 aromatic rings. The van der Waals surface area contributed by atoms with Crippen molar-refractivity contribution in [1.82, 2.24) is 0 Å². The second-order valence-corrected chi connectivity index (χ2v) is 40.5. The molecule has 1 saturated heterocycles. The van der Waals surface area contributed by atoms with Gasteiger partial charge in [0.05, 0.1) is 0 Å². The molecule has 2 fully saturated rings. The second-order valence-electron chi connectivity index (χ2n) is 11.0. The van der Waals surface area contributed by atoms with Crippen LogP contribution < -0.4 is 0 Å². The standard InChI is InChI=1S/C15H35Si3.C4H8O.Al.2BrH/c1-16(2,3)15(17(4,5)6)18(7,8)14-12-10-9-11-13-14;1-2-4-5-3-1;;;/h14H,9-13H2,1-8H3;1-4H2;;2*1H/q;;+2;;/p-2. The van der Waals surface area contributed by atoms with Crippen molar-refractivity contribution in [2.45, 2.75) is 106 Å². The van der Waals surface area contributed by atoms with E-state index in [9.17, 15) is 0 Å². The fourth-order valence-corrected chi connectivity index (χ4v) is 78.4. The zero-order valence-electron chi connectivity index (χ0n) is 18.7. The quantitative estimate of drug-likeness (QED) is 0.310. The van der Waals surface area contributed by atoms with Gasteiger partial charge in [-0.1, -0.05) is 87.6 Å². The second kappa shape index (κ2) is 10.4. The molecular formula is C19H43AlBr2OSi3. The largest absolute Gasteiger partial charge is 0.454 e. The minimum Gasteiger partial charge on any atom is -0.381 e. The van der Waals surface area contributed by atoms with E-state index in [0.717, 1.165) is 21.9 Å². The van der Waals surface area contributed by atoms with E-state index in [0.29, 0.717) is 0 Å². The summed E-state index contributed by atoms with van der Waals surface area (Å²) in [6.07, 6.45) is 10.1. The Morgan fingerprint density at radius 2 is 1.15 bits per heavy atom. The van der Waals surface area contributed by atoms with E-state index in [2.05, 4.69) is 80.5 Å². The lowest BCUT2D eigenvalue weighted by Crippen LogP contribution is -2.72. The number of halogens is 2. The molecule has 0 amide bonds. The first kappa shape index (κ1) is 26.1. The molecule has 2 aliphatic rings. The van der Waals surface area contributed by atoms with Crippen LogP contribution >= 0.6 is 28.1 Å². The summed E-state index contributed by atoms with van der Waals surface area (Å²) >= 11 is 8.46. The van der Waals surface area contributed by atoms with Crippen molar-refractivity contribution in [3.8, 4) is 0 Å². The molecule has 0 aromatic carbocycles. The van der Waals surface area contributed by atoms with Crippen LogP contribution in [0.25, 0.3) is 0 Å².